The standard InChI is InChI=1S/C24H23FN4O2/c25-20-8-4-6-18(7-5-9-20)17-28-24(31)29-21-13-11-19(12-14-21)16-27-23(30)22-10-2-1-3-15-26-22/h2-6,9-15H,1,7,16-17H2,(H,27,30)(H2,28,29,31)/b9-5-,18-6+. The number of aliphatic imine (C=N–C) groups is 1. The topological polar surface area (TPSA) is 82.6 Å². The van der Waals surface area contributed by atoms with Gasteiger partial charge in [0.15, 0.2) is 5.83 Å². The second kappa shape index (κ2) is 11.3. The first-order chi connectivity index (χ1) is 15.1. The molecule has 0 bridgehead atoms. The molecule has 1 aliphatic carbocycles. The van der Waals surface area contributed by atoms with Crippen LogP contribution in [-0.2, 0) is 11.3 Å². The fraction of sp³-hybridized carbons (Fsp3) is 0.167. The zero-order chi connectivity index (χ0) is 21.9. The monoisotopic (exact) mass is 418 g/mol. The highest BCUT2D eigenvalue weighted by molar-refractivity contribution is 6.43. The molecule has 3 N–H and O–H groups in total. The fourth-order valence-electron chi connectivity index (χ4n) is 2.78. The Hall–Kier alpha value is -3.96. The van der Waals surface area contributed by atoms with Crippen molar-refractivity contribution in [2.24, 2.45) is 4.99 Å². The van der Waals surface area contributed by atoms with Crippen molar-refractivity contribution in [2.75, 3.05) is 11.9 Å². The Kier molecular flexibility index (Phi) is 7.91. The number of nitrogens with zero attached hydrogens (tertiary/aromatic N) is 1. The van der Waals surface area contributed by atoms with Gasteiger partial charge in [-0.05, 0) is 54.3 Å². The Balaban J connectivity index is 1.45. The van der Waals surface area contributed by atoms with Gasteiger partial charge >= 0.3 is 6.03 Å². The summed E-state index contributed by atoms with van der Waals surface area (Å²) in [6.45, 7) is 0.694. The van der Waals surface area contributed by atoms with E-state index in [9.17, 15) is 14.0 Å². The van der Waals surface area contributed by atoms with Gasteiger partial charge in [0.2, 0.25) is 0 Å². The molecule has 158 valence electrons. The number of allylic oxidation sites excluding steroid dienone is 6. The van der Waals surface area contributed by atoms with Crippen LogP contribution in [0.5, 0.6) is 0 Å². The van der Waals surface area contributed by atoms with Crippen molar-refractivity contribution in [1.29, 1.82) is 0 Å². The number of nitrogens with one attached hydrogen (secondary N) is 3. The van der Waals surface area contributed by atoms with Crippen LogP contribution in [0.3, 0.4) is 0 Å². The predicted octanol–water partition coefficient (Wildman–Crippen LogP) is 4.23. The molecule has 3 rings (SSSR count). The van der Waals surface area contributed by atoms with E-state index in [-0.39, 0.29) is 11.9 Å². The molecular weight excluding hydrogens is 395 g/mol. The fourth-order valence-corrected chi connectivity index (χ4v) is 2.78. The van der Waals surface area contributed by atoms with E-state index in [1.165, 1.54) is 12.2 Å². The van der Waals surface area contributed by atoms with E-state index in [0.29, 0.717) is 30.9 Å². The van der Waals surface area contributed by atoms with Crippen LogP contribution in [0, 0.1) is 0 Å². The quantitative estimate of drug-likeness (QED) is 0.604. The molecule has 0 spiro atoms. The van der Waals surface area contributed by atoms with Gasteiger partial charge < -0.3 is 16.0 Å². The number of hydrogen-bond acceptors (Lipinski definition) is 3. The highest BCUT2D eigenvalue weighted by Gasteiger charge is 2.08. The second-order valence-corrected chi connectivity index (χ2v) is 6.81. The minimum atomic E-state index is -0.420. The first kappa shape index (κ1) is 21.7. The SMILES string of the molecule is O=C(NC/C1=C/C=C=C(F)/C=C\C1)Nc1ccc(CNC(=O)C2=NC=CCC=C2)cc1. The normalized spacial score (nSPS) is 17.8. The summed E-state index contributed by atoms with van der Waals surface area (Å²) < 4.78 is 13.1. The molecule has 0 saturated heterocycles. The van der Waals surface area contributed by atoms with E-state index < -0.39 is 5.83 Å². The molecule has 1 aliphatic heterocycles. The van der Waals surface area contributed by atoms with E-state index in [1.807, 2.05) is 24.3 Å². The van der Waals surface area contributed by atoms with Crippen molar-refractivity contribution < 1.29 is 14.0 Å². The van der Waals surface area contributed by atoms with Crippen molar-refractivity contribution in [1.82, 2.24) is 10.6 Å². The number of urea groups is 1. The van der Waals surface area contributed by atoms with Gasteiger partial charge in [-0.2, -0.15) is 4.39 Å². The highest BCUT2D eigenvalue weighted by atomic mass is 19.1. The Labute approximate surface area is 180 Å². The van der Waals surface area contributed by atoms with Gasteiger partial charge in [-0.15, -0.1) is 0 Å². The van der Waals surface area contributed by atoms with E-state index >= 15 is 0 Å². The number of carbonyl (C=O) groups excluding carboxylic acids is 2. The maximum atomic E-state index is 13.1. The molecule has 0 atom stereocenters. The Morgan fingerprint density at radius 1 is 1.03 bits per heavy atom. The number of carbonyl (C=O) groups is 2. The lowest BCUT2D eigenvalue weighted by Gasteiger charge is -2.10. The molecule has 1 heterocycles. The zero-order valence-corrected chi connectivity index (χ0v) is 16.9. The first-order valence-corrected chi connectivity index (χ1v) is 9.88. The van der Waals surface area contributed by atoms with Crippen molar-refractivity contribution in [3.63, 3.8) is 0 Å². The van der Waals surface area contributed by atoms with Crippen LogP contribution in [0.25, 0.3) is 0 Å². The molecule has 1 aromatic carbocycles. The van der Waals surface area contributed by atoms with Crippen LogP contribution in [0.15, 0.2) is 95.1 Å². The maximum Gasteiger partial charge on any atom is 0.319 e. The molecule has 6 nitrogen and oxygen atoms in total. The minimum Gasteiger partial charge on any atom is -0.347 e. The summed E-state index contributed by atoms with van der Waals surface area (Å²) in [7, 11) is 0. The third-order valence-corrected chi connectivity index (χ3v) is 4.42. The molecular formula is C24H23FN4O2. The Bertz CT molecular complexity index is 1040. The summed E-state index contributed by atoms with van der Waals surface area (Å²) in [5.74, 6) is -0.660. The largest absolute Gasteiger partial charge is 0.347 e. The van der Waals surface area contributed by atoms with Crippen LogP contribution in [-0.4, -0.2) is 24.2 Å². The van der Waals surface area contributed by atoms with E-state index in [4.69, 9.17) is 0 Å². The minimum absolute atomic E-state index is 0.240. The Morgan fingerprint density at radius 2 is 1.87 bits per heavy atom. The van der Waals surface area contributed by atoms with Gasteiger partial charge in [0, 0.05) is 25.0 Å². The molecule has 0 saturated carbocycles. The van der Waals surface area contributed by atoms with Gasteiger partial charge in [-0.3, -0.25) is 9.79 Å². The number of halogens is 1. The number of amides is 3. The number of benzene rings is 1. The second-order valence-electron chi connectivity index (χ2n) is 6.81. The Morgan fingerprint density at radius 3 is 2.71 bits per heavy atom. The molecule has 0 unspecified atom stereocenters. The smallest absolute Gasteiger partial charge is 0.319 e. The zero-order valence-electron chi connectivity index (χ0n) is 16.9. The highest BCUT2D eigenvalue weighted by Crippen LogP contribution is 2.11. The van der Waals surface area contributed by atoms with Crippen LogP contribution < -0.4 is 16.0 Å². The molecule has 0 aromatic heterocycles. The molecule has 2 aliphatic rings. The van der Waals surface area contributed by atoms with Gasteiger partial charge in [-0.1, -0.05) is 42.2 Å². The van der Waals surface area contributed by atoms with Crippen molar-refractivity contribution in [2.45, 2.75) is 19.4 Å². The molecule has 31 heavy (non-hydrogen) atoms. The summed E-state index contributed by atoms with van der Waals surface area (Å²) in [5, 5.41) is 8.36. The number of anilines is 1. The third-order valence-electron chi connectivity index (χ3n) is 4.42. The van der Waals surface area contributed by atoms with Gasteiger partial charge in [0.05, 0.1) is 0 Å². The third kappa shape index (κ3) is 7.42. The lowest BCUT2D eigenvalue weighted by molar-refractivity contribution is -0.114. The van der Waals surface area contributed by atoms with E-state index in [2.05, 4.69) is 26.7 Å². The van der Waals surface area contributed by atoms with Crippen LogP contribution in [0.4, 0.5) is 14.9 Å². The summed E-state index contributed by atoms with van der Waals surface area (Å²) in [6.07, 6.45) is 14.7. The van der Waals surface area contributed by atoms with Crippen molar-refractivity contribution in [3.05, 3.63) is 95.7 Å². The van der Waals surface area contributed by atoms with Gasteiger partial charge in [0.25, 0.3) is 5.91 Å². The van der Waals surface area contributed by atoms with Crippen molar-refractivity contribution >= 4 is 23.3 Å². The summed E-state index contributed by atoms with van der Waals surface area (Å²) >= 11 is 0. The first-order valence-electron chi connectivity index (χ1n) is 9.88. The van der Waals surface area contributed by atoms with Crippen molar-refractivity contribution in [3.8, 4) is 0 Å². The molecule has 3 amide bonds. The van der Waals surface area contributed by atoms with Crippen LogP contribution in [0.2, 0.25) is 0 Å². The summed E-state index contributed by atoms with van der Waals surface area (Å²) in [4.78, 5) is 28.4. The molecule has 7 heteroatoms. The number of hydrogen-bond donors (Lipinski definition) is 3. The van der Waals surface area contributed by atoms with Crippen LogP contribution in [0.1, 0.15) is 18.4 Å². The lowest BCUT2D eigenvalue weighted by Crippen LogP contribution is -2.30. The van der Waals surface area contributed by atoms with Gasteiger partial charge in [0.1, 0.15) is 5.71 Å². The molecule has 0 radical (unpaired) electrons. The molecule has 1 aromatic rings. The predicted molar refractivity (Wildman–Crippen MR) is 120 cm³/mol. The lowest BCUT2D eigenvalue weighted by atomic mass is 10.1. The molecule has 0 fully saturated rings. The summed E-state index contributed by atoms with van der Waals surface area (Å²) in [6, 6.07) is 6.84. The number of rotatable bonds is 6. The average molecular weight is 418 g/mol. The van der Waals surface area contributed by atoms with E-state index in [0.717, 1.165) is 17.6 Å². The summed E-state index contributed by atoms with van der Waals surface area (Å²) in [5.41, 5.74) is 5.31. The van der Waals surface area contributed by atoms with Gasteiger partial charge in [-0.25, -0.2) is 4.79 Å². The maximum absolute atomic E-state index is 13.1. The van der Waals surface area contributed by atoms with Crippen LogP contribution >= 0.6 is 0 Å². The average Bonchev–Trinajstić information content (AvgIpc) is 3.04. The van der Waals surface area contributed by atoms with E-state index in [1.54, 1.807) is 36.6 Å².